The molecule has 2 aromatic rings. The van der Waals surface area contributed by atoms with Gasteiger partial charge in [-0.3, -0.25) is 9.59 Å². The van der Waals surface area contributed by atoms with Gasteiger partial charge in [0.2, 0.25) is 11.5 Å². The number of nitrogens with zero attached hydrogens (tertiary/aromatic N) is 2. The molecule has 0 radical (unpaired) electrons. The van der Waals surface area contributed by atoms with E-state index in [1.807, 2.05) is 6.92 Å². The van der Waals surface area contributed by atoms with Crippen LogP contribution < -0.4 is 10.6 Å². The lowest BCUT2D eigenvalue weighted by Crippen LogP contribution is -2.46. The van der Waals surface area contributed by atoms with E-state index in [0.717, 1.165) is 22.6 Å². The molecule has 5 amide bonds. The number of fused-ring (bicyclic) bond motifs is 2. The van der Waals surface area contributed by atoms with Crippen LogP contribution in [0.2, 0.25) is 0 Å². The Hall–Kier alpha value is -4.02. The molecule has 2 saturated heterocycles. The molecule has 0 bridgehead atoms. The number of benzene rings is 2. The van der Waals surface area contributed by atoms with Crippen molar-refractivity contribution in [3.8, 4) is 0 Å². The molecule has 37 heavy (non-hydrogen) atoms. The molecule has 1 spiro atoms. The van der Waals surface area contributed by atoms with Crippen molar-refractivity contribution < 1.29 is 32.7 Å². The fourth-order valence-corrected chi connectivity index (χ4v) is 5.59. The lowest BCUT2D eigenvalue weighted by Gasteiger charge is -2.30. The van der Waals surface area contributed by atoms with Crippen molar-refractivity contribution in [1.82, 2.24) is 15.1 Å². The minimum atomic E-state index is -1.52. The Bertz CT molecular complexity index is 1320. The molecule has 0 saturated carbocycles. The van der Waals surface area contributed by atoms with E-state index < -0.39 is 53.8 Å². The number of urea groups is 1. The molecular formula is C26H26F2N4O5. The molecular weight excluding hydrogens is 486 g/mol. The van der Waals surface area contributed by atoms with Crippen molar-refractivity contribution in [2.24, 2.45) is 0 Å². The Balaban J connectivity index is 1.36. The van der Waals surface area contributed by atoms with Crippen molar-refractivity contribution in [1.29, 1.82) is 0 Å². The molecule has 1 aliphatic carbocycles. The van der Waals surface area contributed by atoms with Crippen molar-refractivity contribution >= 4 is 29.6 Å². The summed E-state index contributed by atoms with van der Waals surface area (Å²) < 4.78 is 32.9. The molecule has 194 valence electrons. The first-order chi connectivity index (χ1) is 17.6. The number of imide groups is 1. The van der Waals surface area contributed by atoms with Gasteiger partial charge in [-0.05, 0) is 61.6 Å². The van der Waals surface area contributed by atoms with Gasteiger partial charge in [-0.1, -0.05) is 12.1 Å². The molecule has 2 heterocycles. The average Bonchev–Trinajstić information content (AvgIpc) is 3.51. The van der Waals surface area contributed by atoms with Gasteiger partial charge >= 0.3 is 12.1 Å². The highest BCUT2D eigenvalue weighted by molar-refractivity contribution is 6.06. The van der Waals surface area contributed by atoms with Crippen LogP contribution in [0.25, 0.3) is 0 Å². The molecule has 2 aromatic carbocycles. The number of halogens is 2. The SMILES string of the molecule is CNC(=O)Nc1ccc2c(c1)CCC21OC(=O)N(CC(=O)N2[C@@H](C)CC[C@H]2c2ccc(F)c(F)c2)C1=O. The van der Waals surface area contributed by atoms with E-state index in [1.54, 1.807) is 18.2 Å². The molecule has 1 unspecified atom stereocenters. The first kappa shape index (κ1) is 24.7. The second-order valence-electron chi connectivity index (χ2n) is 9.58. The zero-order valence-corrected chi connectivity index (χ0v) is 20.3. The number of hydrogen-bond donors (Lipinski definition) is 2. The quantitative estimate of drug-likeness (QED) is 0.651. The van der Waals surface area contributed by atoms with Gasteiger partial charge in [-0.25, -0.2) is 23.3 Å². The summed E-state index contributed by atoms with van der Waals surface area (Å²) >= 11 is 0. The summed E-state index contributed by atoms with van der Waals surface area (Å²) in [6.07, 6.45) is 0.937. The lowest BCUT2D eigenvalue weighted by molar-refractivity contribution is -0.143. The van der Waals surface area contributed by atoms with E-state index in [-0.39, 0.29) is 12.5 Å². The summed E-state index contributed by atoms with van der Waals surface area (Å²) in [6, 6.07) is 7.42. The molecule has 3 atom stereocenters. The fraction of sp³-hybridized carbons (Fsp3) is 0.385. The largest absolute Gasteiger partial charge is 0.427 e. The Morgan fingerprint density at radius 1 is 1.11 bits per heavy atom. The van der Waals surface area contributed by atoms with E-state index in [4.69, 9.17) is 4.74 Å². The van der Waals surface area contributed by atoms with Crippen LogP contribution in [0, 0.1) is 11.6 Å². The Kier molecular flexibility index (Phi) is 6.09. The van der Waals surface area contributed by atoms with Crippen molar-refractivity contribution in [3.05, 3.63) is 64.7 Å². The van der Waals surface area contributed by atoms with Crippen LogP contribution in [0.15, 0.2) is 36.4 Å². The summed E-state index contributed by atoms with van der Waals surface area (Å²) in [5.74, 6) is -3.08. The van der Waals surface area contributed by atoms with Crippen molar-refractivity contribution in [2.45, 2.75) is 50.3 Å². The van der Waals surface area contributed by atoms with Crippen molar-refractivity contribution in [3.63, 3.8) is 0 Å². The Morgan fingerprint density at radius 2 is 1.89 bits per heavy atom. The van der Waals surface area contributed by atoms with Crippen molar-refractivity contribution in [2.75, 3.05) is 18.9 Å². The number of nitrogens with one attached hydrogen (secondary N) is 2. The van der Waals surface area contributed by atoms with Crippen LogP contribution in [0.4, 0.5) is 24.1 Å². The zero-order valence-electron chi connectivity index (χ0n) is 20.3. The van der Waals surface area contributed by atoms with Crippen LogP contribution in [0.3, 0.4) is 0 Å². The molecule has 0 aromatic heterocycles. The number of aryl methyl sites for hydroxylation is 1. The zero-order chi connectivity index (χ0) is 26.5. The van der Waals surface area contributed by atoms with E-state index in [1.165, 1.54) is 18.0 Å². The van der Waals surface area contributed by atoms with E-state index >= 15 is 0 Å². The van der Waals surface area contributed by atoms with Crippen LogP contribution in [-0.4, -0.2) is 53.4 Å². The second kappa shape index (κ2) is 9.13. The number of ether oxygens (including phenoxy) is 1. The highest BCUT2D eigenvalue weighted by Gasteiger charge is 2.58. The van der Waals surface area contributed by atoms with E-state index in [9.17, 15) is 28.0 Å². The van der Waals surface area contributed by atoms with Gasteiger partial charge < -0.3 is 20.3 Å². The normalized spacial score (nSPS) is 24.4. The Labute approximate surface area is 211 Å². The number of rotatable bonds is 4. The van der Waals surface area contributed by atoms with Crippen LogP contribution in [0.1, 0.15) is 48.9 Å². The van der Waals surface area contributed by atoms with E-state index in [2.05, 4.69) is 10.6 Å². The Morgan fingerprint density at radius 3 is 2.62 bits per heavy atom. The number of likely N-dealkylation sites (tertiary alicyclic amines) is 1. The van der Waals surface area contributed by atoms with Gasteiger partial charge in [0, 0.05) is 30.8 Å². The minimum Gasteiger partial charge on any atom is -0.427 e. The topological polar surface area (TPSA) is 108 Å². The van der Waals surface area contributed by atoms with Crippen LogP contribution in [-0.2, 0) is 26.3 Å². The predicted octanol–water partition coefficient (Wildman–Crippen LogP) is 3.59. The maximum absolute atomic E-state index is 13.9. The van der Waals surface area contributed by atoms with Gasteiger partial charge in [0.15, 0.2) is 11.6 Å². The number of carbonyl (C=O) groups is 4. The number of anilines is 1. The molecule has 2 N–H and O–H groups in total. The maximum Gasteiger partial charge on any atom is 0.418 e. The molecule has 5 rings (SSSR count). The predicted molar refractivity (Wildman–Crippen MR) is 127 cm³/mol. The third-order valence-electron chi connectivity index (χ3n) is 7.42. The molecule has 9 nitrogen and oxygen atoms in total. The van der Waals surface area contributed by atoms with Gasteiger partial charge in [0.05, 0.1) is 6.04 Å². The summed E-state index contributed by atoms with van der Waals surface area (Å²) in [6.45, 7) is 1.32. The summed E-state index contributed by atoms with van der Waals surface area (Å²) in [5, 5.41) is 5.13. The maximum atomic E-state index is 13.9. The minimum absolute atomic E-state index is 0.216. The lowest BCUT2D eigenvalue weighted by atomic mass is 9.94. The molecule has 3 aliphatic rings. The summed E-state index contributed by atoms with van der Waals surface area (Å²) in [4.78, 5) is 53.7. The first-order valence-electron chi connectivity index (χ1n) is 12.1. The van der Waals surface area contributed by atoms with E-state index in [0.29, 0.717) is 36.1 Å². The number of carbonyl (C=O) groups excluding carboxylic acids is 4. The second-order valence-corrected chi connectivity index (χ2v) is 9.58. The standard InChI is InChI=1S/C26H26F2N4O5/c1-14-3-8-21(16-4-7-19(27)20(28)12-16)32(14)22(33)13-31-23(34)26(37-25(31)36)10-9-15-11-17(5-6-18(15)26)30-24(35)29-2/h4-7,11-12,14,21H,3,8-10,13H2,1-2H3,(H2,29,30,35)/t14-,21-,26?/m0/s1. The smallest absolute Gasteiger partial charge is 0.418 e. The van der Waals surface area contributed by atoms with Gasteiger partial charge in [-0.2, -0.15) is 0 Å². The van der Waals surface area contributed by atoms with Gasteiger partial charge in [-0.15, -0.1) is 0 Å². The van der Waals surface area contributed by atoms with Gasteiger partial charge in [0.1, 0.15) is 6.54 Å². The third-order valence-corrected chi connectivity index (χ3v) is 7.42. The highest BCUT2D eigenvalue weighted by Crippen LogP contribution is 2.46. The number of amides is 5. The third kappa shape index (κ3) is 4.08. The van der Waals surface area contributed by atoms with Crippen LogP contribution >= 0.6 is 0 Å². The summed E-state index contributed by atoms with van der Waals surface area (Å²) in [5.41, 5.74) is 0.751. The monoisotopic (exact) mass is 512 g/mol. The van der Waals surface area contributed by atoms with Crippen LogP contribution in [0.5, 0.6) is 0 Å². The first-order valence-corrected chi connectivity index (χ1v) is 12.1. The summed E-state index contributed by atoms with van der Waals surface area (Å²) in [7, 11) is 1.49. The number of hydrogen-bond acceptors (Lipinski definition) is 5. The average molecular weight is 513 g/mol. The molecule has 11 heteroatoms. The van der Waals surface area contributed by atoms with Gasteiger partial charge in [0.25, 0.3) is 5.91 Å². The molecule has 2 aliphatic heterocycles. The fourth-order valence-electron chi connectivity index (χ4n) is 5.59. The highest BCUT2D eigenvalue weighted by atomic mass is 19.2. The molecule has 2 fully saturated rings.